The topological polar surface area (TPSA) is 56.8 Å². The van der Waals surface area contributed by atoms with Crippen molar-refractivity contribution >= 4 is 5.91 Å². The Morgan fingerprint density at radius 2 is 2.00 bits per heavy atom. The van der Waals surface area contributed by atoms with Gasteiger partial charge in [0, 0.05) is 26.3 Å². The number of rotatable bonds is 7. The lowest BCUT2D eigenvalue weighted by atomic mass is 10.1. The largest absolute Gasteiger partial charge is 0.497 e. The zero-order valence-corrected chi connectivity index (χ0v) is 11.0. The average Bonchev–Trinajstić information content (AvgIpc) is 2.42. The van der Waals surface area contributed by atoms with Gasteiger partial charge < -0.3 is 19.5 Å². The molecule has 0 aliphatic heterocycles. The molecule has 0 radical (unpaired) electrons. The van der Waals surface area contributed by atoms with Crippen LogP contribution >= 0.6 is 0 Å². The van der Waals surface area contributed by atoms with Crippen molar-refractivity contribution in [2.45, 2.75) is 6.42 Å². The Kier molecular flexibility index (Phi) is 6.00. The molecule has 5 nitrogen and oxygen atoms in total. The molecule has 0 aromatic heterocycles. The quantitative estimate of drug-likeness (QED) is 0.748. The Morgan fingerprint density at radius 3 is 2.61 bits per heavy atom. The third-order valence-corrected chi connectivity index (χ3v) is 2.46. The zero-order chi connectivity index (χ0) is 13.4. The Bertz CT molecular complexity index is 393. The predicted molar refractivity (Wildman–Crippen MR) is 68.4 cm³/mol. The molecule has 100 valence electrons. The molecular weight excluding hydrogens is 234 g/mol. The summed E-state index contributed by atoms with van der Waals surface area (Å²) in [5, 5.41) is 2.81. The van der Waals surface area contributed by atoms with Gasteiger partial charge in [0.05, 0.1) is 19.8 Å². The van der Waals surface area contributed by atoms with E-state index in [1.165, 1.54) is 7.11 Å². The Balaban J connectivity index is 2.66. The van der Waals surface area contributed by atoms with Gasteiger partial charge in [0.1, 0.15) is 11.5 Å². The third kappa shape index (κ3) is 3.92. The lowest BCUT2D eigenvalue weighted by molar-refractivity contribution is 0.0945. The highest BCUT2D eigenvalue weighted by atomic mass is 16.5. The van der Waals surface area contributed by atoms with Crippen LogP contribution in [0.5, 0.6) is 11.5 Å². The highest BCUT2D eigenvalue weighted by Crippen LogP contribution is 2.24. The molecule has 0 atom stereocenters. The first-order chi connectivity index (χ1) is 8.72. The first-order valence-corrected chi connectivity index (χ1v) is 5.72. The van der Waals surface area contributed by atoms with E-state index in [0.29, 0.717) is 30.2 Å². The molecule has 0 unspecified atom stereocenters. The molecular formula is C13H19NO4. The van der Waals surface area contributed by atoms with Gasteiger partial charge in [0.25, 0.3) is 5.91 Å². The van der Waals surface area contributed by atoms with Crippen LogP contribution < -0.4 is 14.8 Å². The minimum absolute atomic E-state index is 0.161. The smallest absolute Gasteiger partial charge is 0.255 e. The highest BCUT2D eigenvalue weighted by molar-refractivity contribution is 5.97. The number of methoxy groups -OCH3 is 3. The predicted octanol–water partition coefficient (Wildman–Crippen LogP) is 1.47. The van der Waals surface area contributed by atoms with Crippen LogP contribution in [0.2, 0.25) is 0 Å². The Morgan fingerprint density at radius 1 is 1.22 bits per heavy atom. The molecule has 5 heteroatoms. The molecule has 0 aliphatic rings. The van der Waals surface area contributed by atoms with Gasteiger partial charge >= 0.3 is 0 Å². The maximum Gasteiger partial charge on any atom is 0.255 e. The van der Waals surface area contributed by atoms with Crippen molar-refractivity contribution in [1.29, 1.82) is 0 Å². The molecule has 0 heterocycles. The van der Waals surface area contributed by atoms with Gasteiger partial charge in [0.15, 0.2) is 0 Å². The number of carbonyl (C=O) groups is 1. The van der Waals surface area contributed by atoms with Crippen LogP contribution in [0.25, 0.3) is 0 Å². The van der Waals surface area contributed by atoms with E-state index in [1.54, 1.807) is 32.4 Å². The van der Waals surface area contributed by atoms with E-state index in [9.17, 15) is 4.79 Å². The van der Waals surface area contributed by atoms with Gasteiger partial charge in [-0.05, 0) is 18.6 Å². The summed E-state index contributed by atoms with van der Waals surface area (Å²) in [5.41, 5.74) is 0.496. The van der Waals surface area contributed by atoms with Gasteiger partial charge in [0.2, 0.25) is 0 Å². The monoisotopic (exact) mass is 253 g/mol. The normalized spacial score (nSPS) is 9.94. The molecule has 1 aromatic carbocycles. The number of nitrogens with one attached hydrogen (secondary N) is 1. The van der Waals surface area contributed by atoms with Crippen LogP contribution in [0, 0.1) is 0 Å². The van der Waals surface area contributed by atoms with E-state index in [1.807, 2.05) is 0 Å². The van der Waals surface area contributed by atoms with Crippen molar-refractivity contribution in [1.82, 2.24) is 5.32 Å². The minimum atomic E-state index is -0.161. The summed E-state index contributed by atoms with van der Waals surface area (Å²) in [6.07, 6.45) is 0.778. The molecule has 1 amide bonds. The van der Waals surface area contributed by atoms with Crippen molar-refractivity contribution in [3.8, 4) is 11.5 Å². The summed E-state index contributed by atoms with van der Waals surface area (Å²) >= 11 is 0. The maximum atomic E-state index is 11.9. The zero-order valence-electron chi connectivity index (χ0n) is 11.0. The molecule has 1 aromatic rings. The lowest BCUT2D eigenvalue weighted by Crippen LogP contribution is -2.25. The number of benzene rings is 1. The van der Waals surface area contributed by atoms with E-state index < -0.39 is 0 Å². The average molecular weight is 253 g/mol. The van der Waals surface area contributed by atoms with Crippen LogP contribution in [0.4, 0.5) is 0 Å². The summed E-state index contributed by atoms with van der Waals surface area (Å²) in [4.78, 5) is 11.9. The summed E-state index contributed by atoms with van der Waals surface area (Å²) < 4.78 is 15.2. The molecule has 0 fully saturated rings. The van der Waals surface area contributed by atoms with Crippen molar-refractivity contribution in [3.05, 3.63) is 23.8 Å². The van der Waals surface area contributed by atoms with Gasteiger partial charge in [-0.25, -0.2) is 0 Å². The van der Waals surface area contributed by atoms with Crippen molar-refractivity contribution in [3.63, 3.8) is 0 Å². The van der Waals surface area contributed by atoms with E-state index in [0.717, 1.165) is 6.42 Å². The summed E-state index contributed by atoms with van der Waals surface area (Å²) in [6.45, 7) is 1.20. The number of amides is 1. The van der Waals surface area contributed by atoms with E-state index >= 15 is 0 Å². The van der Waals surface area contributed by atoms with Gasteiger partial charge in [-0.3, -0.25) is 4.79 Å². The van der Waals surface area contributed by atoms with Crippen LogP contribution in [0.3, 0.4) is 0 Å². The second-order valence-corrected chi connectivity index (χ2v) is 3.67. The van der Waals surface area contributed by atoms with Crippen LogP contribution in [0.15, 0.2) is 18.2 Å². The van der Waals surface area contributed by atoms with Crippen molar-refractivity contribution in [2.75, 3.05) is 34.5 Å². The minimum Gasteiger partial charge on any atom is -0.497 e. The van der Waals surface area contributed by atoms with Crippen LogP contribution in [-0.4, -0.2) is 40.4 Å². The second-order valence-electron chi connectivity index (χ2n) is 3.67. The lowest BCUT2D eigenvalue weighted by Gasteiger charge is -2.10. The summed E-state index contributed by atoms with van der Waals surface area (Å²) in [6, 6.07) is 5.10. The first kappa shape index (κ1) is 14.3. The Hall–Kier alpha value is -1.75. The number of hydrogen-bond donors (Lipinski definition) is 1. The Labute approximate surface area is 107 Å². The van der Waals surface area contributed by atoms with Crippen LogP contribution in [-0.2, 0) is 4.74 Å². The second kappa shape index (κ2) is 7.55. The molecule has 0 aliphatic carbocycles. The fourth-order valence-corrected chi connectivity index (χ4v) is 1.50. The third-order valence-electron chi connectivity index (χ3n) is 2.46. The first-order valence-electron chi connectivity index (χ1n) is 5.72. The van der Waals surface area contributed by atoms with Gasteiger partial charge in [-0.2, -0.15) is 0 Å². The molecule has 0 bridgehead atoms. The molecule has 1 N–H and O–H groups in total. The molecule has 0 saturated heterocycles. The van der Waals surface area contributed by atoms with Crippen molar-refractivity contribution < 1.29 is 19.0 Å². The van der Waals surface area contributed by atoms with Gasteiger partial charge in [-0.15, -0.1) is 0 Å². The number of hydrogen-bond acceptors (Lipinski definition) is 4. The molecule has 1 rings (SSSR count). The molecule has 0 saturated carbocycles. The van der Waals surface area contributed by atoms with Crippen molar-refractivity contribution in [2.24, 2.45) is 0 Å². The van der Waals surface area contributed by atoms with Gasteiger partial charge in [-0.1, -0.05) is 0 Å². The van der Waals surface area contributed by atoms with E-state index in [-0.39, 0.29) is 5.91 Å². The summed E-state index contributed by atoms with van der Waals surface area (Å²) in [5.74, 6) is 0.993. The standard InChI is InChI=1S/C13H19NO4/c1-16-8-4-7-14-13(15)11-6-5-10(17-2)9-12(11)18-3/h5-6,9H,4,7-8H2,1-3H3,(H,14,15). The molecule has 0 spiro atoms. The fraction of sp³-hybridized carbons (Fsp3) is 0.462. The van der Waals surface area contributed by atoms with E-state index in [2.05, 4.69) is 5.32 Å². The SMILES string of the molecule is COCCCNC(=O)c1ccc(OC)cc1OC. The number of carbonyl (C=O) groups excluding carboxylic acids is 1. The molecule has 18 heavy (non-hydrogen) atoms. The van der Waals surface area contributed by atoms with Crippen LogP contribution in [0.1, 0.15) is 16.8 Å². The number of ether oxygens (including phenoxy) is 3. The fourth-order valence-electron chi connectivity index (χ4n) is 1.50. The maximum absolute atomic E-state index is 11.9. The van der Waals surface area contributed by atoms with E-state index in [4.69, 9.17) is 14.2 Å². The highest BCUT2D eigenvalue weighted by Gasteiger charge is 2.12. The summed E-state index contributed by atoms with van der Waals surface area (Å²) in [7, 11) is 4.73.